The molecule has 0 spiro atoms. The zero-order valence-corrected chi connectivity index (χ0v) is 17.8. The van der Waals surface area contributed by atoms with Crippen LogP contribution in [0.2, 0.25) is 0 Å². The fourth-order valence-electron chi connectivity index (χ4n) is 2.89. The van der Waals surface area contributed by atoms with Crippen LogP contribution < -0.4 is 10.2 Å². The Morgan fingerprint density at radius 1 is 1.15 bits per heavy atom. The standard InChI is InChI=1S/C20H31N5OS/c1-6-14-21-19(26)15(5)27-20-23-22-18(25(20)9-4)16-10-12-17(13-11-16)24(7-2)8-3/h10-13,15H,6-9,14H2,1-5H3,(H,21,26). The molecule has 6 nitrogen and oxygen atoms in total. The minimum Gasteiger partial charge on any atom is -0.372 e. The molecule has 1 heterocycles. The van der Waals surface area contributed by atoms with E-state index in [9.17, 15) is 4.79 Å². The molecule has 1 aromatic heterocycles. The lowest BCUT2D eigenvalue weighted by Gasteiger charge is -2.21. The molecule has 0 aliphatic rings. The molecule has 7 heteroatoms. The van der Waals surface area contributed by atoms with E-state index in [0.29, 0.717) is 6.54 Å². The third-order valence-corrected chi connectivity index (χ3v) is 5.57. The maximum absolute atomic E-state index is 12.1. The Labute approximate surface area is 166 Å². The molecule has 2 rings (SSSR count). The number of hydrogen-bond acceptors (Lipinski definition) is 5. The van der Waals surface area contributed by atoms with Gasteiger partial charge in [-0.2, -0.15) is 0 Å². The van der Waals surface area contributed by atoms with Gasteiger partial charge in [0.15, 0.2) is 11.0 Å². The van der Waals surface area contributed by atoms with Crippen LogP contribution in [0.5, 0.6) is 0 Å². The molecule has 1 N–H and O–H groups in total. The summed E-state index contributed by atoms with van der Waals surface area (Å²) in [4.78, 5) is 14.5. The second-order valence-corrected chi connectivity index (χ2v) is 7.63. The minimum absolute atomic E-state index is 0.0395. The van der Waals surface area contributed by atoms with Gasteiger partial charge < -0.3 is 14.8 Å². The van der Waals surface area contributed by atoms with Crippen molar-refractivity contribution in [3.63, 3.8) is 0 Å². The molecule has 1 amide bonds. The van der Waals surface area contributed by atoms with E-state index in [1.165, 1.54) is 17.4 Å². The lowest BCUT2D eigenvalue weighted by molar-refractivity contribution is -0.120. The molecule has 148 valence electrons. The lowest BCUT2D eigenvalue weighted by Crippen LogP contribution is -2.31. The van der Waals surface area contributed by atoms with Gasteiger partial charge in [-0.1, -0.05) is 18.7 Å². The van der Waals surface area contributed by atoms with Gasteiger partial charge in [0, 0.05) is 37.4 Å². The first-order chi connectivity index (χ1) is 13.0. The molecule has 0 fully saturated rings. The number of aromatic nitrogens is 3. The van der Waals surface area contributed by atoms with Crippen molar-refractivity contribution in [1.82, 2.24) is 20.1 Å². The van der Waals surface area contributed by atoms with E-state index in [-0.39, 0.29) is 11.2 Å². The fourth-order valence-corrected chi connectivity index (χ4v) is 3.83. The Bertz CT molecular complexity index is 724. The van der Waals surface area contributed by atoms with Crippen molar-refractivity contribution in [2.45, 2.75) is 58.0 Å². The summed E-state index contributed by atoms with van der Waals surface area (Å²) in [6.45, 7) is 13.8. The van der Waals surface area contributed by atoms with E-state index >= 15 is 0 Å². The first-order valence-corrected chi connectivity index (χ1v) is 10.7. The zero-order valence-electron chi connectivity index (χ0n) is 17.0. The summed E-state index contributed by atoms with van der Waals surface area (Å²) in [5.74, 6) is 0.880. The van der Waals surface area contributed by atoms with Crippen LogP contribution in [-0.4, -0.2) is 45.6 Å². The third-order valence-electron chi connectivity index (χ3n) is 4.49. The fraction of sp³-hybridized carbons (Fsp3) is 0.550. The molecule has 2 aromatic rings. The second kappa shape index (κ2) is 10.3. The molecule has 0 bridgehead atoms. The molecular formula is C20H31N5OS. The van der Waals surface area contributed by atoms with Gasteiger partial charge in [-0.05, 0) is 58.4 Å². The summed E-state index contributed by atoms with van der Waals surface area (Å²) >= 11 is 1.45. The smallest absolute Gasteiger partial charge is 0.233 e. The van der Waals surface area contributed by atoms with Crippen LogP contribution in [0.15, 0.2) is 29.4 Å². The van der Waals surface area contributed by atoms with Crippen molar-refractivity contribution in [2.24, 2.45) is 0 Å². The van der Waals surface area contributed by atoms with Crippen molar-refractivity contribution in [3.05, 3.63) is 24.3 Å². The Morgan fingerprint density at radius 2 is 1.81 bits per heavy atom. The summed E-state index contributed by atoms with van der Waals surface area (Å²) in [6.07, 6.45) is 0.932. The summed E-state index contributed by atoms with van der Waals surface area (Å²) in [6, 6.07) is 8.45. The van der Waals surface area contributed by atoms with Gasteiger partial charge in [-0.3, -0.25) is 4.79 Å². The van der Waals surface area contributed by atoms with Crippen LogP contribution in [0.25, 0.3) is 11.4 Å². The first-order valence-electron chi connectivity index (χ1n) is 9.78. The number of anilines is 1. The first kappa shape index (κ1) is 21.3. The van der Waals surface area contributed by atoms with Crippen molar-refractivity contribution in [3.8, 4) is 11.4 Å². The SMILES string of the molecule is CCCNC(=O)C(C)Sc1nnc(-c2ccc(N(CC)CC)cc2)n1CC. The number of hydrogen-bond donors (Lipinski definition) is 1. The van der Waals surface area contributed by atoms with E-state index in [4.69, 9.17) is 0 Å². The number of carbonyl (C=O) groups excluding carboxylic acids is 1. The van der Waals surface area contributed by atoms with E-state index < -0.39 is 0 Å². The van der Waals surface area contributed by atoms with Gasteiger partial charge in [-0.25, -0.2) is 0 Å². The van der Waals surface area contributed by atoms with Crippen LogP contribution in [0, 0.1) is 0 Å². The number of nitrogens with zero attached hydrogens (tertiary/aromatic N) is 4. The highest BCUT2D eigenvalue weighted by Gasteiger charge is 2.20. The molecule has 1 aromatic carbocycles. The Morgan fingerprint density at radius 3 is 2.37 bits per heavy atom. The number of rotatable bonds is 10. The van der Waals surface area contributed by atoms with Crippen molar-refractivity contribution in [1.29, 1.82) is 0 Å². The molecule has 0 saturated heterocycles. The Balaban J connectivity index is 2.18. The molecular weight excluding hydrogens is 358 g/mol. The lowest BCUT2D eigenvalue weighted by atomic mass is 10.2. The topological polar surface area (TPSA) is 63.1 Å². The van der Waals surface area contributed by atoms with Gasteiger partial charge in [0.05, 0.1) is 5.25 Å². The maximum atomic E-state index is 12.1. The number of thioether (sulfide) groups is 1. The predicted octanol–water partition coefficient (Wildman–Crippen LogP) is 3.82. The molecule has 0 aliphatic heterocycles. The highest BCUT2D eigenvalue weighted by Crippen LogP contribution is 2.28. The second-order valence-electron chi connectivity index (χ2n) is 6.32. The Hall–Kier alpha value is -2.02. The number of nitrogens with one attached hydrogen (secondary N) is 1. The van der Waals surface area contributed by atoms with Gasteiger partial charge in [0.25, 0.3) is 0 Å². The number of carbonyl (C=O) groups is 1. The molecule has 1 atom stereocenters. The average Bonchev–Trinajstić information content (AvgIpc) is 3.10. The van der Waals surface area contributed by atoms with Crippen molar-refractivity contribution in [2.75, 3.05) is 24.5 Å². The quantitative estimate of drug-likeness (QED) is 0.626. The molecule has 27 heavy (non-hydrogen) atoms. The van der Waals surface area contributed by atoms with E-state index in [0.717, 1.165) is 42.6 Å². The number of amides is 1. The molecule has 0 radical (unpaired) electrons. The van der Waals surface area contributed by atoms with Gasteiger partial charge in [0.2, 0.25) is 5.91 Å². The van der Waals surface area contributed by atoms with Crippen molar-refractivity contribution < 1.29 is 4.79 Å². The molecule has 1 unspecified atom stereocenters. The van der Waals surface area contributed by atoms with Crippen LogP contribution >= 0.6 is 11.8 Å². The third kappa shape index (κ3) is 5.25. The van der Waals surface area contributed by atoms with E-state index in [1.807, 2.05) is 13.8 Å². The van der Waals surface area contributed by atoms with E-state index in [2.05, 4.69) is 70.0 Å². The Kier molecular flexibility index (Phi) is 8.16. The highest BCUT2D eigenvalue weighted by molar-refractivity contribution is 8.00. The minimum atomic E-state index is -0.205. The average molecular weight is 390 g/mol. The largest absolute Gasteiger partial charge is 0.372 e. The zero-order chi connectivity index (χ0) is 19.8. The predicted molar refractivity (Wildman–Crippen MR) is 113 cm³/mol. The van der Waals surface area contributed by atoms with Crippen LogP contribution in [0.3, 0.4) is 0 Å². The van der Waals surface area contributed by atoms with Crippen LogP contribution in [0.1, 0.15) is 41.0 Å². The summed E-state index contributed by atoms with van der Waals surface area (Å²) in [5.41, 5.74) is 2.25. The monoisotopic (exact) mass is 389 g/mol. The summed E-state index contributed by atoms with van der Waals surface area (Å²) < 4.78 is 2.07. The van der Waals surface area contributed by atoms with Gasteiger partial charge >= 0.3 is 0 Å². The normalized spacial score (nSPS) is 12.0. The van der Waals surface area contributed by atoms with E-state index in [1.54, 1.807) is 0 Å². The van der Waals surface area contributed by atoms with Gasteiger partial charge in [-0.15, -0.1) is 10.2 Å². The van der Waals surface area contributed by atoms with Crippen LogP contribution in [0.4, 0.5) is 5.69 Å². The summed E-state index contributed by atoms with van der Waals surface area (Å²) in [5, 5.41) is 12.2. The van der Waals surface area contributed by atoms with Crippen LogP contribution in [-0.2, 0) is 11.3 Å². The maximum Gasteiger partial charge on any atom is 0.233 e. The van der Waals surface area contributed by atoms with Gasteiger partial charge in [0.1, 0.15) is 0 Å². The summed E-state index contributed by atoms with van der Waals surface area (Å²) in [7, 11) is 0. The number of benzene rings is 1. The molecule has 0 aliphatic carbocycles. The van der Waals surface area contributed by atoms with Crippen molar-refractivity contribution >= 4 is 23.4 Å². The molecule has 0 saturated carbocycles. The highest BCUT2D eigenvalue weighted by atomic mass is 32.2.